The number of aromatic nitrogens is 1. The molecule has 0 aliphatic carbocycles. The third-order valence-corrected chi connectivity index (χ3v) is 4.90. The van der Waals surface area contributed by atoms with Gasteiger partial charge in [0.2, 0.25) is 0 Å². The van der Waals surface area contributed by atoms with E-state index in [1.165, 1.54) is 11.1 Å². The number of anilines is 2. The van der Waals surface area contributed by atoms with Crippen LogP contribution in [-0.2, 0) is 0 Å². The van der Waals surface area contributed by atoms with Crippen molar-refractivity contribution < 1.29 is 0 Å². The third kappa shape index (κ3) is 3.73. The average molecular weight is 363 g/mol. The Hall–Kier alpha value is -2.62. The van der Waals surface area contributed by atoms with Gasteiger partial charge in [-0.05, 0) is 35.4 Å². The SMILES string of the molecule is Clc1ccc(Nc2nc(-c3ccc(-c4ccccc4)cc3)cs2)cc1. The fourth-order valence-corrected chi connectivity index (χ4v) is 3.45. The lowest BCUT2D eigenvalue weighted by Gasteiger charge is -2.03. The molecule has 0 radical (unpaired) electrons. The number of halogens is 1. The highest BCUT2D eigenvalue weighted by Crippen LogP contribution is 2.29. The normalized spacial score (nSPS) is 10.6. The van der Waals surface area contributed by atoms with Crippen LogP contribution in [-0.4, -0.2) is 4.98 Å². The minimum absolute atomic E-state index is 0.726. The van der Waals surface area contributed by atoms with Crippen LogP contribution >= 0.6 is 22.9 Å². The molecular weight excluding hydrogens is 348 g/mol. The Morgan fingerprint density at radius 3 is 2.08 bits per heavy atom. The van der Waals surface area contributed by atoms with Crippen LogP contribution in [0.15, 0.2) is 84.2 Å². The van der Waals surface area contributed by atoms with E-state index >= 15 is 0 Å². The van der Waals surface area contributed by atoms with Gasteiger partial charge >= 0.3 is 0 Å². The molecule has 4 aromatic rings. The smallest absolute Gasteiger partial charge is 0.187 e. The van der Waals surface area contributed by atoms with Crippen LogP contribution in [0.2, 0.25) is 5.02 Å². The standard InChI is InChI=1S/C21H15ClN2S/c22-18-10-12-19(13-11-18)23-21-24-20(14-25-21)17-8-6-16(7-9-17)15-4-2-1-3-5-15/h1-14H,(H,23,24). The molecule has 122 valence electrons. The summed E-state index contributed by atoms with van der Waals surface area (Å²) in [7, 11) is 0. The first kappa shape index (κ1) is 15.9. The number of rotatable bonds is 4. The fraction of sp³-hybridized carbons (Fsp3) is 0. The summed E-state index contributed by atoms with van der Waals surface area (Å²) < 4.78 is 0. The Morgan fingerprint density at radius 2 is 1.36 bits per heavy atom. The number of hydrogen-bond acceptors (Lipinski definition) is 3. The quantitative estimate of drug-likeness (QED) is 0.428. The molecule has 1 heterocycles. The predicted molar refractivity (Wildman–Crippen MR) is 108 cm³/mol. The minimum atomic E-state index is 0.726. The van der Waals surface area contributed by atoms with Gasteiger partial charge in [0.05, 0.1) is 5.69 Å². The first-order chi connectivity index (χ1) is 12.3. The van der Waals surface area contributed by atoms with E-state index in [0.717, 1.165) is 27.1 Å². The van der Waals surface area contributed by atoms with Gasteiger partial charge in [-0.3, -0.25) is 0 Å². The Labute approximate surface area is 155 Å². The molecule has 0 atom stereocenters. The van der Waals surface area contributed by atoms with Crippen LogP contribution in [0.1, 0.15) is 0 Å². The summed E-state index contributed by atoms with van der Waals surface area (Å²) in [5.74, 6) is 0. The zero-order valence-electron chi connectivity index (χ0n) is 13.3. The van der Waals surface area contributed by atoms with Crippen LogP contribution in [0.25, 0.3) is 22.4 Å². The van der Waals surface area contributed by atoms with Crippen molar-refractivity contribution in [2.45, 2.75) is 0 Å². The molecule has 0 amide bonds. The molecule has 0 bridgehead atoms. The molecule has 0 fully saturated rings. The van der Waals surface area contributed by atoms with Gasteiger partial charge in [-0.15, -0.1) is 11.3 Å². The zero-order chi connectivity index (χ0) is 17.1. The Kier molecular flexibility index (Phi) is 4.51. The van der Waals surface area contributed by atoms with Gasteiger partial charge in [0.1, 0.15) is 0 Å². The van der Waals surface area contributed by atoms with Crippen LogP contribution in [0.4, 0.5) is 10.8 Å². The van der Waals surface area contributed by atoms with E-state index < -0.39 is 0 Å². The van der Waals surface area contributed by atoms with Gasteiger partial charge in [0, 0.05) is 21.7 Å². The first-order valence-corrected chi connectivity index (χ1v) is 9.18. The summed E-state index contributed by atoms with van der Waals surface area (Å²) >= 11 is 7.50. The van der Waals surface area contributed by atoms with Gasteiger partial charge in [-0.2, -0.15) is 0 Å². The fourth-order valence-electron chi connectivity index (χ4n) is 2.58. The van der Waals surface area contributed by atoms with Crippen molar-refractivity contribution in [3.63, 3.8) is 0 Å². The van der Waals surface area contributed by atoms with Crippen molar-refractivity contribution in [2.24, 2.45) is 0 Å². The van der Waals surface area contributed by atoms with Gasteiger partial charge in [0.15, 0.2) is 5.13 Å². The molecule has 0 aliphatic rings. The lowest BCUT2D eigenvalue weighted by atomic mass is 10.0. The lowest BCUT2D eigenvalue weighted by molar-refractivity contribution is 1.38. The van der Waals surface area contributed by atoms with Gasteiger partial charge in [-0.25, -0.2) is 4.98 Å². The van der Waals surface area contributed by atoms with E-state index in [4.69, 9.17) is 11.6 Å². The highest BCUT2D eigenvalue weighted by Gasteiger charge is 2.06. The summed E-state index contributed by atoms with van der Waals surface area (Å²) in [5, 5.41) is 6.96. The van der Waals surface area contributed by atoms with E-state index in [-0.39, 0.29) is 0 Å². The van der Waals surface area contributed by atoms with Crippen molar-refractivity contribution >= 4 is 33.8 Å². The molecule has 4 heteroatoms. The van der Waals surface area contributed by atoms with Gasteiger partial charge in [-0.1, -0.05) is 66.2 Å². The zero-order valence-corrected chi connectivity index (χ0v) is 14.9. The van der Waals surface area contributed by atoms with Crippen LogP contribution in [0.5, 0.6) is 0 Å². The maximum atomic E-state index is 5.92. The number of hydrogen-bond donors (Lipinski definition) is 1. The van der Waals surface area contributed by atoms with Crippen molar-refractivity contribution in [3.8, 4) is 22.4 Å². The second-order valence-corrected chi connectivity index (χ2v) is 6.91. The molecule has 1 aromatic heterocycles. The highest BCUT2D eigenvalue weighted by molar-refractivity contribution is 7.14. The van der Waals surface area contributed by atoms with Crippen molar-refractivity contribution in [1.29, 1.82) is 0 Å². The Balaban J connectivity index is 1.52. The highest BCUT2D eigenvalue weighted by atomic mass is 35.5. The second-order valence-electron chi connectivity index (χ2n) is 5.61. The lowest BCUT2D eigenvalue weighted by Crippen LogP contribution is -1.89. The summed E-state index contributed by atoms with van der Waals surface area (Å²) in [6.45, 7) is 0. The molecule has 0 aliphatic heterocycles. The average Bonchev–Trinajstić information content (AvgIpc) is 3.13. The number of benzene rings is 3. The van der Waals surface area contributed by atoms with Crippen molar-refractivity contribution in [1.82, 2.24) is 4.98 Å². The molecule has 1 N–H and O–H groups in total. The minimum Gasteiger partial charge on any atom is -0.332 e. The molecule has 3 aromatic carbocycles. The number of nitrogens with zero attached hydrogens (tertiary/aromatic N) is 1. The molecule has 0 spiro atoms. The second kappa shape index (κ2) is 7.09. The first-order valence-electron chi connectivity index (χ1n) is 7.92. The van der Waals surface area contributed by atoms with Gasteiger partial charge < -0.3 is 5.32 Å². The van der Waals surface area contributed by atoms with E-state index in [0.29, 0.717) is 0 Å². The molecular formula is C21H15ClN2S. The van der Waals surface area contributed by atoms with E-state index in [2.05, 4.69) is 64.2 Å². The summed E-state index contributed by atoms with van der Waals surface area (Å²) in [6.07, 6.45) is 0. The monoisotopic (exact) mass is 362 g/mol. The molecule has 0 unspecified atom stereocenters. The van der Waals surface area contributed by atoms with Crippen LogP contribution < -0.4 is 5.32 Å². The van der Waals surface area contributed by atoms with E-state index in [9.17, 15) is 0 Å². The third-order valence-electron chi connectivity index (χ3n) is 3.89. The molecule has 2 nitrogen and oxygen atoms in total. The maximum absolute atomic E-state index is 5.92. The molecule has 0 saturated carbocycles. The largest absolute Gasteiger partial charge is 0.332 e. The molecule has 25 heavy (non-hydrogen) atoms. The summed E-state index contributed by atoms with van der Waals surface area (Å²) in [4.78, 5) is 4.68. The van der Waals surface area contributed by atoms with Crippen molar-refractivity contribution in [2.75, 3.05) is 5.32 Å². The Morgan fingerprint density at radius 1 is 0.720 bits per heavy atom. The predicted octanol–water partition coefficient (Wildman–Crippen LogP) is 6.87. The van der Waals surface area contributed by atoms with Crippen LogP contribution in [0.3, 0.4) is 0 Å². The van der Waals surface area contributed by atoms with Crippen molar-refractivity contribution in [3.05, 3.63) is 89.3 Å². The Bertz CT molecular complexity index is 961. The van der Waals surface area contributed by atoms with Gasteiger partial charge in [0.25, 0.3) is 0 Å². The number of thiazole rings is 1. The topological polar surface area (TPSA) is 24.9 Å². The molecule has 4 rings (SSSR count). The number of nitrogens with one attached hydrogen (secondary N) is 1. The van der Waals surface area contributed by atoms with E-state index in [1.807, 2.05) is 30.3 Å². The summed E-state index contributed by atoms with van der Waals surface area (Å²) in [6, 6.07) is 26.5. The molecule has 0 saturated heterocycles. The van der Waals surface area contributed by atoms with Crippen LogP contribution in [0, 0.1) is 0 Å². The maximum Gasteiger partial charge on any atom is 0.187 e. The van der Waals surface area contributed by atoms with E-state index in [1.54, 1.807) is 11.3 Å². The summed E-state index contributed by atoms with van der Waals surface area (Å²) in [5.41, 5.74) is 5.49.